The van der Waals surface area contributed by atoms with Crippen LogP contribution in [0.5, 0.6) is 0 Å². The SMILES string of the molecule is CC(=O)O.c1cc2cc(-c3ccn4cc(C5=NCCCN5)nc4c3)oc2cc1C1=NCCCN1. The first-order chi connectivity index (χ1) is 16.6. The lowest BCUT2D eigenvalue weighted by atomic mass is 10.1. The number of imidazole rings is 1. The minimum absolute atomic E-state index is 0.833. The third-order valence-corrected chi connectivity index (χ3v) is 5.58. The zero-order valence-corrected chi connectivity index (χ0v) is 18.9. The second-order valence-electron chi connectivity index (χ2n) is 8.21. The second kappa shape index (κ2) is 9.38. The Balaban J connectivity index is 0.000000560. The number of pyridine rings is 1. The van der Waals surface area contributed by atoms with Crippen LogP contribution >= 0.6 is 0 Å². The van der Waals surface area contributed by atoms with Gasteiger partial charge in [0.05, 0.1) is 0 Å². The molecule has 0 radical (unpaired) electrons. The zero-order chi connectivity index (χ0) is 23.5. The lowest BCUT2D eigenvalue weighted by molar-refractivity contribution is -0.134. The molecule has 1 aromatic carbocycles. The molecule has 0 unspecified atom stereocenters. The van der Waals surface area contributed by atoms with Crippen molar-refractivity contribution < 1.29 is 14.3 Å². The molecule has 9 nitrogen and oxygen atoms in total. The second-order valence-corrected chi connectivity index (χ2v) is 8.21. The normalized spacial score (nSPS) is 15.6. The van der Waals surface area contributed by atoms with Crippen LogP contribution in [0.2, 0.25) is 0 Å². The molecule has 0 fully saturated rings. The highest BCUT2D eigenvalue weighted by atomic mass is 16.4. The molecule has 3 N–H and O–H groups in total. The Hall–Kier alpha value is -4.14. The van der Waals surface area contributed by atoms with E-state index in [-0.39, 0.29) is 0 Å². The summed E-state index contributed by atoms with van der Waals surface area (Å²) in [4.78, 5) is 22.9. The zero-order valence-electron chi connectivity index (χ0n) is 18.9. The van der Waals surface area contributed by atoms with Gasteiger partial charge in [0.25, 0.3) is 5.97 Å². The predicted molar refractivity (Wildman–Crippen MR) is 132 cm³/mol. The van der Waals surface area contributed by atoms with Crippen molar-refractivity contribution in [2.75, 3.05) is 26.2 Å². The maximum absolute atomic E-state index is 9.00. The number of rotatable bonds is 3. The third kappa shape index (κ3) is 4.63. The van der Waals surface area contributed by atoms with Crippen LogP contribution in [0.15, 0.2) is 63.2 Å². The van der Waals surface area contributed by atoms with Crippen LogP contribution in [0.25, 0.3) is 27.9 Å². The third-order valence-electron chi connectivity index (χ3n) is 5.58. The van der Waals surface area contributed by atoms with Gasteiger partial charge in [0.15, 0.2) is 0 Å². The Morgan fingerprint density at radius 3 is 2.44 bits per heavy atom. The van der Waals surface area contributed by atoms with Gasteiger partial charge >= 0.3 is 0 Å². The van der Waals surface area contributed by atoms with Crippen molar-refractivity contribution in [1.29, 1.82) is 0 Å². The van der Waals surface area contributed by atoms with Gasteiger partial charge in [0.1, 0.15) is 34.4 Å². The molecule has 3 aromatic heterocycles. The standard InChI is InChI=1S/C23H22N6O.C2H4O2/c1-6-24-22(25-7-1)17-4-3-15-11-19(30-20(15)12-17)16-5-10-29-14-18(28-21(29)13-16)23-26-8-2-9-27-23;1-2(3)4/h3-5,10-14H,1-2,6-9H2,(H,24,25)(H,26,27);1H3,(H,3,4). The highest BCUT2D eigenvalue weighted by molar-refractivity contribution is 6.02. The monoisotopic (exact) mass is 458 g/mol. The Kier molecular flexibility index (Phi) is 5.99. The highest BCUT2D eigenvalue weighted by Crippen LogP contribution is 2.29. The van der Waals surface area contributed by atoms with E-state index in [1.54, 1.807) is 0 Å². The van der Waals surface area contributed by atoms with Gasteiger partial charge in [0.2, 0.25) is 0 Å². The summed E-state index contributed by atoms with van der Waals surface area (Å²) in [5.74, 6) is 1.83. The Morgan fingerprint density at radius 2 is 1.74 bits per heavy atom. The summed E-state index contributed by atoms with van der Waals surface area (Å²) in [6.07, 6.45) is 6.18. The average molecular weight is 459 g/mol. The van der Waals surface area contributed by atoms with E-state index in [1.807, 2.05) is 16.8 Å². The van der Waals surface area contributed by atoms with Crippen LogP contribution in [0.4, 0.5) is 0 Å². The van der Waals surface area contributed by atoms with Gasteiger partial charge in [-0.25, -0.2) is 4.98 Å². The molecule has 34 heavy (non-hydrogen) atoms. The Morgan fingerprint density at radius 1 is 1.00 bits per heavy atom. The fourth-order valence-corrected chi connectivity index (χ4v) is 4.00. The average Bonchev–Trinajstić information content (AvgIpc) is 3.48. The van der Waals surface area contributed by atoms with Gasteiger partial charge in [-0.05, 0) is 37.1 Å². The van der Waals surface area contributed by atoms with Crippen molar-refractivity contribution in [3.05, 3.63) is 60.0 Å². The van der Waals surface area contributed by atoms with Crippen LogP contribution < -0.4 is 10.6 Å². The lowest BCUT2D eigenvalue weighted by Gasteiger charge is -2.14. The molecule has 0 saturated heterocycles. The van der Waals surface area contributed by atoms with Crippen molar-refractivity contribution in [2.24, 2.45) is 9.98 Å². The molecule has 6 rings (SSSR count). The number of carbonyl (C=O) groups is 1. The van der Waals surface area contributed by atoms with Crippen molar-refractivity contribution >= 4 is 34.3 Å². The van der Waals surface area contributed by atoms with E-state index in [9.17, 15) is 0 Å². The van der Waals surface area contributed by atoms with E-state index in [1.165, 1.54) is 0 Å². The lowest BCUT2D eigenvalue weighted by Crippen LogP contribution is -2.30. The van der Waals surface area contributed by atoms with Crippen LogP contribution in [-0.2, 0) is 4.79 Å². The highest BCUT2D eigenvalue weighted by Gasteiger charge is 2.14. The molecule has 174 valence electrons. The van der Waals surface area contributed by atoms with Crippen LogP contribution in [0.1, 0.15) is 31.0 Å². The number of hydrogen-bond acceptors (Lipinski definition) is 7. The number of carboxylic acid groups (broad SMARTS) is 1. The van der Waals surface area contributed by atoms with Gasteiger partial charge in [0, 0.05) is 62.0 Å². The number of amidine groups is 2. The fourth-order valence-electron chi connectivity index (χ4n) is 4.00. The number of aliphatic imine (C=N–C) groups is 2. The number of aromatic nitrogens is 2. The minimum Gasteiger partial charge on any atom is -0.481 e. The first kappa shape index (κ1) is 21.7. The number of benzene rings is 1. The van der Waals surface area contributed by atoms with Crippen molar-refractivity contribution in [1.82, 2.24) is 20.0 Å². The summed E-state index contributed by atoms with van der Waals surface area (Å²) in [6.45, 7) is 4.72. The van der Waals surface area contributed by atoms with E-state index in [4.69, 9.17) is 19.3 Å². The number of hydrogen-bond donors (Lipinski definition) is 3. The van der Waals surface area contributed by atoms with Crippen molar-refractivity contribution in [3.63, 3.8) is 0 Å². The summed E-state index contributed by atoms with van der Waals surface area (Å²) in [7, 11) is 0. The maximum Gasteiger partial charge on any atom is 0.300 e. The Bertz CT molecular complexity index is 1390. The van der Waals surface area contributed by atoms with Gasteiger partial charge in [-0.3, -0.25) is 14.8 Å². The van der Waals surface area contributed by atoms with Crippen LogP contribution in [0.3, 0.4) is 0 Å². The number of nitrogens with zero attached hydrogens (tertiary/aromatic N) is 4. The number of carboxylic acids is 1. The van der Waals surface area contributed by atoms with Crippen molar-refractivity contribution in [3.8, 4) is 11.3 Å². The van der Waals surface area contributed by atoms with Gasteiger partial charge in [-0.15, -0.1) is 0 Å². The van der Waals surface area contributed by atoms with Gasteiger partial charge in [-0.1, -0.05) is 12.1 Å². The van der Waals surface area contributed by atoms with Crippen LogP contribution in [-0.4, -0.2) is 58.3 Å². The van der Waals surface area contributed by atoms with Crippen molar-refractivity contribution in [2.45, 2.75) is 19.8 Å². The molecule has 2 aliphatic rings. The summed E-state index contributed by atoms with van der Waals surface area (Å²) >= 11 is 0. The molecular weight excluding hydrogens is 432 g/mol. The number of aliphatic carboxylic acids is 1. The summed E-state index contributed by atoms with van der Waals surface area (Å²) in [5, 5.41) is 15.2. The topological polar surface area (TPSA) is 117 Å². The molecule has 0 saturated carbocycles. The van der Waals surface area contributed by atoms with E-state index >= 15 is 0 Å². The van der Waals surface area contributed by atoms with E-state index < -0.39 is 5.97 Å². The molecule has 0 aliphatic carbocycles. The molecule has 9 heteroatoms. The first-order valence-electron chi connectivity index (χ1n) is 11.4. The quantitative estimate of drug-likeness (QED) is 0.434. The summed E-state index contributed by atoms with van der Waals surface area (Å²) in [5.41, 5.74) is 4.69. The molecule has 0 amide bonds. The molecule has 0 atom stereocenters. The van der Waals surface area contributed by atoms with Crippen LogP contribution in [0, 0.1) is 0 Å². The Labute approximate surface area is 196 Å². The molecular formula is C25H26N6O3. The molecule has 0 bridgehead atoms. The number of nitrogens with one attached hydrogen (secondary N) is 2. The van der Waals surface area contributed by atoms with E-state index in [0.29, 0.717) is 0 Å². The summed E-state index contributed by atoms with van der Waals surface area (Å²) in [6, 6.07) is 12.4. The maximum atomic E-state index is 9.00. The largest absolute Gasteiger partial charge is 0.481 e. The molecule has 2 aliphatic heterocycles. The first-order valence-corrected chi connectivity index (χ1v) is 11.4. The van der Waals surface area contributed by atoms with E-state index in [0.717, 1.165) is 96.8 Å². The summed E-state index contributed by atoms with van der Waals surface area (Å²) < 4.78 is 8.22. The predicted octanol–water partition coefficient (Wildman–Crippen LogP) is 3.32. The van der Waals surface area contributed by atoms with Gasteiger partial charge < -0.3 is 24.6 Å². The fraction of sp³-hybridized carbons (Fsp3) is 0.280. The number of fused-ring (bicyclic) bond motifs is 2. The smallest absolute Gasteiger partial charge is 0.300 e. The molecule has 0 spiro atoms. The molecule has 4 aromatic rings. The molecule has 5 heterocycles. The van der Waals surface area contributed by atoms with E-state index in [2.05, 4.69) is 57.0 Å². The number of furan rings is 1. The minimum atomic E-state index is -0.833. The van der Waals surface area contributed by atoms with Gasteiger partial charge in [-0.2, -0.15) is 0 Å².